The monoisotopic (exact) mass is 404 g/mol. The van der Waals surface area contributed by atoms with Crippen LogP contribution in [0.3, 0.4) is 0 Å². The number of rotatable bonds is 6. The predicted octanol–water partition coefficient (Wildman–Crippen LogP) is 5.67. The molecule has 2 aliphatic rings. The van der Waals surface area contributed by atoms with E-state index in [0.29, 0.717) is 0 Å². The smallest absolute Gasteiger partial charge is 0.193 e. The van der Waals surface area contributed by atoms with E-state index in [2.05, 4.69) is 34.1 Å². The summed E-state index contributed by atoms with van der Waals surface area (Å²) >= 11 is 0. The first-order valence-electron chi connectivity index (χ1n) is 12.0. The molecule has 4 rings (SSSR count). The molecular formula is C27H36N2O. The van der Waals surface area contributed by atoms with Crippen molar-refractivity contribution in [1.82, 2.24) is 9.80 Å². The van der Waals surface area contributed by atoms with Crippen LogP contribution >= 0.6 is 0 Å². The molecule has 0 bridgehead atoms. The topological polar surface area (TPSA) is 23.6 Å². The van der Waals surface area contributed by atoms with Crippen LogP contribution < -0.4 is 0 Å². The average Bonchev–Trinajstić information content (AvgIpc) is 3.20. The molecule has 2 fully saturated rings. The summed E-state index contributed by atoms with van der Waals surface area (Å²) in [5, 5.41) is 0. The molecule has 3 nitrogen and oxygen atoms in total. The van der Waals surface area contributed by atoms with Gasteiger partial charge < -0.3 is 0 Å². The van der Waals surface area contributed by atoms with E-state index in [4.69, 9.17) is 0 Å². The van der Waals surface area contributed by atoms with E-state index in [1.54, 1.807) is 0 Å². The van der Waals surface area contributed by atoms with Gasteiger partial charge in [0.05, 0.1) is 0 Å². The summed E-state index contributed by atoms with van der Waals surface area (Å²) in [6, 6.07) is 16.5. The Kier molecular flexibility index (Phi) is 7.71. The Morgan fingerprint density at radius 3 is 1.20 bits per heavy atom. The van der Waals surface area contributed by atoms with Gasteiger partial charge in [-0.15, -0.1) is 0 Å². The van der Waals surface area contributed by atoms with E-state index in [1.807, 2.05) is 24.3 Å². The van der Waals surface area contributed by atoms with Crippen molar-refractivity contribution in [1.29, 1.82) is 0 Å². The Balaban J connectivity index is 1.34. The fourth-order valence-electron chi connectivity index (χ4n) is 4.79. The van der Waals surface area contributed by atoms with Gasteiger partial charge >= 0.3 is 0 Å². The highest BCUT2D eigenvalue weighted by Gasteiger charge is 2.13. The van der Waals surface area contributed by atoms with E-state index < -0.39 is 0 Å². The first-order chi connectivity index (χ1) is 14.8. The number of carbonyl (C=O) groups excluding carboxylic acids is 1. The molecule has 0 amide bonds. The normalized spacial score (nSPS) is 19.2. The highest BCUT2D eigenvalue weighted by molar-refractivity contribution is 6.08. The van der Waals surface area contributed by atoms with Crippen LogP contribution in [0.15, 0.2) is 48.5 Å². The minimum atomic E-state index is 0.123. The van der Waals surface area contributed by atoms with Crippen LogP contribution in [0.2, 0.25) is 0 Å². The molecule has 30 heavy (non-hydrogen) atoms. The minimum absolute atomic E-state index is 0.123. The number of carbonyl (C=O) groups is 1. The lowest BCUT2D eigenvalue weighted by Crippen LogP contribution is -2.24. The Morgan fingerprint density at radius 1 is 0.533 bits per heavy atom. The van der Waals surface area contributed by atoms with Crippen molar-refractivity contribution in [3.05, 3.63) is 70.8 Å². The minimum Gasteiger partial charge on any atom is -0.299 e. The molecule has 0 aromatic heterocycles. The van der Waals surface area contributed by atoms with Crippen LogP contribution in [0.1, 0.15) is 78.4 Å². The first-order valence-corrected chi connectivity index (χ1v) is 12.0. The van der Waals surface area contributed by atoms with Gasteiger partial charge in [0.25, 0.3) is 0 Å². The van der Waals surface area contributed by atoms with Gasteiger partial charge in [-0.1, -0.05) is 74.2 Å². The highest BCUT2D eigenvalue weighted by Crippen LogP contribution is 2.17. The van der Waals surface area contributed by atoms with E-state index >= 15 is 0 Å². The zero-order valence-electron chi connectivity index (χ0n) is 18.3. The summed E-state index contributed by atoms with van der Waals surface area (Å²) in [5.74, 6) is 0.123. The molecule has 0 saturated carbocycles. The van der Waals surface area contributed by atoms with Gasteiger partial charge in [0.15, 0.2) is 5.78 Å². The molecule has 0 aliphatic carbocycles. The number of ketones is 1. The second kappa shape index (κ2) is 10.9. The molecular weight excluding hydrogens is 368 g/mol. The maximum atomic E-state index is 12.9. The van der Waals surface area contributed by atoms with Crippen molar-refractivity contribution in [2.24, 2.45) is 0 Å². The Morgan fingerprint density at radius 2 is 0.867 bits per heavy atom. The van der Waals surface area contributed by atoms with E-state index in [0.717, 1.165) is 24.2 Å². The van der Waals surface area contributed by atoms with Gasteiger partial charge in [-0.3, -0.25) is 14.6 Å². The van der Waals surface area contributed by atoms with Gasteiger partial charge in [0.2, 0.25) is 0 Å². The molecule has 0 N–H and O–H groups in total. The fraction of sp³-hybridized carbons (Fsp3) is 0.519. The van der Waals surface area contributed by atoms with E-state index in [-0.39, 0.29) is 5.78 Å². The van der Waals surface area contributed by atoms with Crippen LogP contribution in [0.25, 0.3) is 0 Å². The average molecular weight is 405 g/mol. The lowest BCUT2D eigenvalue weighted by molar-refractivity contribution is 0.103. The maximum absolute atomic E-state index is 12.9. The summed E-state index contributed by atoms with van der Waals surface area (Å²) in [4.78, 5) is 18.0. The van der Waals surface area contributed by atoms with Crippen LogP contribution in [-0.4, -0.2) is 41.8 Å². The van der Waals surface area contributed by atoms with Crippen LogP contribution in [0.5, 0.6) is 0 Å². The molecule has 0 unspecified atom stereocenters. The Labute approximate surface area is 182 Å². The largest absolute Gasteiger partial charge is 0.299 e. The van der Waals surface area contributed by atoms with E-state index in [9.17, 15) is 4.79 Å². The molecule has 2 aromatic rings. The highest BCUT2D eigenvalue weighted by atomic mass is 16.1. The summed E-state index contributed by atoms with van der Waals surface area (Å²) in [6.07, 6.45) is 10.7. The molecule has 0 radical (unpaired) electrons. The number of nitrogens with zero attached hydrogens (tertiary/aromatic N) is 2. The third-order valence-electron chi connectivity index (χ3n) is 6.64. The lowest BCUT2D eigenvalue weighted by atomic mass is 10.0. The second-order valence-electron chi connectivity index (χ2n) is 9.10. The number of benzene rings is 2. The van der Waals surface area contributed by atoms with Crippen molar-refractivity contribution in [3.8, 4) is 0 Å². The molecule has 3 heteroatoms. The zero-order chi connectivity index (χ0) is 20.6. The second-order valence-corrected chi connectivity index (χ2v) is 9.10. The quantitative estimate of drug-likeness (QED) is 0.580. The third-order valence-corrected chi connectivity index (χ3v) is 6.64. The van der Waals surface area contributed by atoms with Crippen molar-refractivity contribution in [3.63, 3.8) is 0 Å². The number of hydrogen-bond acceptors (Lipinski definition) is 3. The molecule has 2 aliphatic heterocycles. The maximum Gasteiger partial charge on any atom is 0.193 e. The molecule has 2 saturated heterocycles. The zero-order valence-corrected chi connectivity index (χ0v) is 18.3. The van der Waals surface area contributed by atoms with Crippen LogP contribution in [0, 0.1) is 0 Å². The summed E-state index contributed by atoms with van der Waals surface area (Å²) < 4.78 is 0. The van der Waals surface area contributed by atoms with Crippen molar-refractivity contribution in [2.75, 3.05) is 26.2 Å². The lowest BCUT2D eigenvalue weighted by Gasteiger charge is -2.20. The van der Waals surface area contributed by atoms with E-state index in [1.165, 1.54) is 88.7 Å². The van der Waals surface area contributed by atoms with Crippen LogP contribution in [0.4, 0.5) is 0 Å². The molecule has 0 spiro atoms. The van der Waals surface area contributed by atoms with Gasteiger partial charge in [-0.25, -0.2) is 0 Å². The summed E-state index contributed by atoms with van der Waals surface area (Å²) in [6.45, 7) is 6.79. The third kappa shape index (κ3) is 6.02. The Hall–Kier alpha value is -1.97. The van der Waals surface area contributed by atoms with Crippen molar-refractivity contribution < 1.29 is 4.79 Å². The SMILES string of the molecule is O=C(c1ccc(CN2CCCCCC2)cc1)c1ccc(CN2CCCCCC2)cc1. The fourth-order valence-corrected chi connectivity index (χ4v) is 4.79. The molecule has 0 atom stereocenters. The summed E-state index contributed by atoms with van der Waals surface area (Å²) in [7, 11) is 0. The van der Waals surface area contributed by atoms with Crippen molar-refractivity contribution >= 4 is 5.78 Å². The molecule has 2 aromatic carbocycles. The van der Waals surface area contributed by atoms with Gasteiger partial charge in [0, 0.05) is 24.2 Å². The standard InChI is InChI=1S/C27H36N2O/c30-27(25-13-9-23(10-14-25)21-28-17-5-1-2-6-18-28)26-15-11-24(12-16-26)22-29-19-7-3-4-8-20-29/h9-16H,1-8,17-22H2. The van der Waals surface area contributed by atoms with Crippen molar-refractivity contribution in [2.45, 2.75) is 64.5 Å². The number of likely N-dealkylation sites (tertiary alicyclic amines) is 2. The summed E-state index contributed by atoms with van der Waals surface area (Å²) in [5.41, 5.74) is 4.19. The van der Waals surface area contributed by atoms with Crippen LogP contribution in [-0.2, 0) is 13.1 Å². The Bertz CT molecular complexity index is 713. The van der Waals surface area contributed by atoms with Gasteiger partial charge in [0.1, 0.15) is 0 Å². The predicted molar refractivity (Wildman–Crippen MR) is 124 cm³/mol. The first kappa shape index (κ1) is 21.3. The van der Waals surface area contributed by atoms with Gasteiger partial charge in [-0.05, 0) is 63.0 Å². The van der Waals surface area contributed by atoms with Gasteiger partial charge in [-0.2, -0.15) is 0 Å². The number of hydrogen-bond donors (Lipinski definition) is 0. The molecule has 2 heterocycles. The molecule has 160 valence electrons.